The van der Waals surface area contributed by atoms with Crippen molar-refractivity contribution in [2.45, 2.75) is 25.8 Å². The molecule has 24 heavy (non-hydrogen) atoms. The molecular weight excluding hydrogens is 308 g/mol. The SMILES string of the molecule is COc1cc(Oc2ccc(CC(C)(C)NC(=O)O)cc2)ccc1N. The Balaban J connectivity index is 2.05. The first-order chi connectivity index (χ1) is 11.3. The Kier molecular flexibility index (Phi) is 5.18. The summed E-state index contributed by atoms with van der Waals surface area (Å²) in [5, 5.41) is 11.3. The van der Waals surface area contributed by atoms with Crippen molar-refractivity contribution >= 4 is 11.8 Å². The van der Waals surface area contributed by atoms with Crippen LogP contribution in [0.5, 0.6) is 17.2 Å². The van der Waals surface area contributed by atoms with Gasteiger partial charge in [0, 0.05) is 11.6 Å². The molecule has 0 bridgehead atoms. The average molecular weight is 330 g/mol. The van der Waals surface area contributed by atoms with E-state index in [4.69, 9.17) is 20.3 Å². The predicted octanol–water partition coefficient (Wildman–Crippen LogP) is 3.66. The fourth-order valence-corrected chi connectivity index (χ4v) is 2.41. The molecule has 0 radical (unpaired) electrons. The van der Waals surface area contributed by atoms with Crippen LogP contribution >= 0.6 is 0 Å². The van der Waals surface area contributed by atoms with Crippen LogP contribution in [0.25, 0.3) is 0 Å². The lowest BCUT2D eigenvalue weighted by atomic mass is 9.95. The largest absolute Gasteiger partial charge is 0.494 e. The molecule has 0 saturated carbocycles. The standard InChI is InChI=1S/C18H22N2O4/c1-18(2,20-17(21)22)11-12-4-6-13(7-5-12)24-14-8-9-15(19)16(10-14)23-3/h4-10,20H,11,19H2,1-3H3,(H,21,22). The molecule has 0 aliphatic carbocycles. The van der Waals surface area contributed by atoms with Crippen LogP contribution in [0.3, 0.4) is 0 Å². The molecule has 2 aromatic carbocycles. The van der Waals surface area contributed by atoms with Gasteiger partial charge in [0.15, 0.2) is 0 Å². The summed E-state index contributed by atoms with van der Waals surface area (Å²) in [6.07, 6.45) is -0.452. The molecule has 6 heteroatoms. The van der Waals surface area contributed by atoms with Gasteiger partial charge in [0.25, 0.3) is 0 Å². The maximum atomic E-state index is 10.8. The Hall–Kier alpha value is -2.89. The lowest BCUT2D eigenvalue weighted by Gasteiger charge is -2.24. The first-order valence-corrected chi connectivity index (χ1v) is 7.50. The Labute approximate surface area is 141 Å². The number of nitrogen functional groups attached to an aromatic ring is 1. The van der Waals surface area contributed by atoms with Crippen molar-refractivity contribution < 1.29 is 19.4 Å². The van der Waals surface area contributed by atoms with Crippen molar-refractivity contribution in [2.24, 2.45) is 0 Å². The predicted molar refractivity (Wildman–Crippen MR) is 92.9 cm³/mol. The summed E-state index contributed by atoms with van der Waals surface area (Å²) in [5.41, 5.74) is 6.79. The normalized spacial score (nSPS) is 11.0. The smallest absolute Gasteiger partial charge is 0.405 e. The highest BCUT2D eigenvalue weighted by Gasteiger charge is 2.20. The zero-order valence-electron chi connectivity index (χ0n) is 14.0. The number of methoxy groups -OCH3 is 1. The van der Waals surface area contributed by atoms with Crippen LogP contribution in [0.15, 0.2) is 42.5 Å². The van der Waals surface area contributed by atoms with Gasteiger partial charge in [-0.15, -0.1) is 0 Å². The first kappa shape index (κ1) is 17.5. The summed E-state index contributed by atoms with van der Waals surface area (Å²) >= 11 is 0. The van der Waals surface area contributed by atoms with Crippen molar-refractivity contribution in [2.75, 3.05) is 12.8 Å². The van der Waals surface area contributed by atoms with E-state index in [1.54, 1.807) is 25.3 Å². The zero-order valence-corrected chi connectivity index (χ0v) is 14.0. The topological polar surface area (TPSA) is 93.8 Å². The van der Waals surface area contributed by atoms with E-state index >= 15 is 0 Å². The van der Waals surface area contributed by atoms with Crippen LogP contribution in [-0.4, -0.2) is 23.8 Å². The second-order valence-electron chi connectivity index (χ2n) is 6.14. The molecule has 1 amide bonds. The third kappa shape index (κ3) is 4.81. The number of anilines is 1. The lowest BCUT2D eigenvalue weighted by Crippen LogP contribution is -2.44. The summed E-state index contributed by atoms with van der Waals surface area (Å²) in [6.45, 7) is 3.68. The molecule has 2 rings (SSSR count). The van der Waals surface area contributed by atoms with Gasteiger partial charge in [0.2, 0.25) is 0 Å². The van der Waals surface area contributed by atoms with Crippen LogP contribution in [0.4, 0.5) is 10.5 Å². The van der Waals surface area contributed by atoms with E-state index < -0.39 is 11.6 Å². The summed E-state index contributed by atoms with van der Waals surface area (Å²) in [4.78, 5) is 10.8. The summed E-state index contributed by atoms with van der Waals surface area (Å²) in [7, 11) is 1.55. The Morgan fingerprint density at radius 2 is 1.79 bits per heavy atom. The number of carbonyl (C=O) groups is 1. The minimum atomic E-state index is -1.03. The van der Waals surface area contributed by atoms with Crippen molar-refractivity contribution in [1.82, 2.24) is 5.32 Å². The molecule has 0 fully saturated rings. The van der Waals surface area contributed by atoms with E-state index in [1.807, 2.05) is 38.1 Å². The Bertz CT molecular complexity index is 711. The fraction of sp³-hybridized carbons (Fsp3) is 0.278. The van der Waals surface area contributed by atoms with E-state index in [1.165, 1.54) is 0 Å². The minimum absolute atomic E-state index is 0.543. The third-order valence-corrected chi connectivity index (χ3v) is 3.46. The second-order valence-corrected chi connectivity index (χ2v) is 6.14. The molecule has 128 valence electrons. The first-order valence-electron chi connectivity index (χ1n) is 7.50. The van der Waals surface area contributed by atoms with E-state index in [0.717, 1.165) is 5.56 Å². The number of rotatable bonds is 6. The van der Waals surface area contributed by atoms with Gasteiger partial charge in [0.05, 0.1) is 12.8 Å². The zero-order chi connectivity index (χ0) is 17.7. The van der Waals surface area contributed by atoms with Gasteiger partial charge in [-0.1, -0.05) is 12.1 Å². The number of ether oxygens (including phenoxy) is 2. The molecule has 0 heterocycles. The molecule has 0 atom stereocenters. The summed E-state index contributed by atoms with van der Waals surface area (Å²) in [6, 6.07) is 12.7. The van der Waals surface area contributed by atoms with Gasteiger partial charge in [-0.05, 0) is 50.1 Å². The molecule has 0 spiro atoms. The molecule has 0 aromatic heterocycles. The number of hydrogen-bond donors (Lipinski definition) is 3. The van der Waals surface area contributed by atoms with E-state index in [9.17, 15) is 4.79 Å². The highest BCUT2D eigenvalue weighted by atomic mass is 16.5. The van der Waals surface area contributed by atoms with Gasteiger partial charge in [-0.25, -0.2) is 4.79 Å². The monoisotopic (exact) mass is 330 g/mol. The molecule has 0 saturated heterocycles. The van der Waals surface area contributed by atoms with Crippen molar-refractivity contribution in [3.8, 4) is 17.2 Å². The van der Waals surface area contributed by atoms with Crippen LogP contribution in [0, 0.1) is 0 Å². The molecule has 2 aromatic rings. The lowest BCUT2D eigenvalue weighted by molar-refractivity contribution is 0.182. The maximum Gasteiger partial charge on any atom is 0.405 e. The van der Waals surface area contributed by atoms with Gasteiger partial charge in [-0.2, -0.15) is 0 Å². The van der Waals surface area contributed by atoms with Crippen LogP contribution in [0.1, 0.15) is 19.4 Å². The number of benzene rings is 2. The Morgan fingerprint density at radius 1 is 1.17 bits per heavy atom. The van der Waals surface area contributed by atoms with E-state index in [2.05, 4.69) is 5.32 Å². The van der Waals surface area contributed by atoms with E-state index in [0.29, 0.717) is 29.4 Å². The van der Waals surface area contributed by atoms with Gasteiger partial charge >= 0.3 is 6.09 Å². The number of carboxylic acid groups (broad SMARTS) is 1. The Morgan fingerprint density at radius 3 is 2.38 bits per heavy atom. The summed E-state index contributed by atoms with van der Waals surface area (Å²) < 4.78 is 10.9. The van der Waals surface area contributed by atoms with Crippen molar-refractivity contribution in [1.29, 1.82) is 0 Å². The minimum Gasteiger partial charge on any atom is -0.494 e. The highest BCUT2D eigenvalue weighted by molar-refractivity contribution is 5.65. The molecule has 0 aliphatic rings. The molecular formula is C18H22N2O4. The molecule has 0 aliphatic heterocycles. The quantitative estimate of drug-likeness (QED) is 0.703. The maximum absolute atomic E-state index is 10.8. The number of nitrogens with one attached hydrogen (secondary N) is 1. The van der Waals surface area contributed by atoms with Crippen molar-refractivity contribution in [3.63, 3.8) is 0 Å². The van der Waals surface area contributed by atoms with Crippen LogP contribution in [-0.2, 0) is 6.42 Å². The van der Waals surface area contributed by atoms with Crippen molar-refractivity contribution in [3.05, 3.63) is 48.0 Å². The molecule has 0 unspecified atom stereocenters. The number of amides is 1. The van der Waals surface area contributed by atoms with Gasteiger partial charge < -0.3 is 25.6 Å². The molecule has 4 N–H and O–H groups in total. The van der Waals surface area contributed by atoms with Crippen LogP contribution < -0.4 is 20.5 Å². The number of nitrogens with two attached hydrogens (primary N) is 1. The fourth-order valence-electron chi connectivity index (χ4n) is 2.41. The number of hydrogen-bond acceptors (Lipinski definition) is 4. The van der Waals surface area contributed by atoms with Gasteiger partial charge in [0.1, 0.15) is 17.2 Å². The summed E-state index contributed by atoms with van der Waals surface area (Å²) in [5.74, 6) is 1.86. The highest BCUT2D eigenvalue weighted by Crippen LogP contribution is 2.30. The average Bonchev–Trinajstić information content (AvgIpc) is 2.49. The molecule has 6 nitrogen and oxygen atoms in total. The van der Waals surface area contributed by atoms with Crippen LogP contribution in [0.2, 0.25) is 0 Å². The third-order valence-electron chi connectivity index (χ3n) is 3.46. The van der Waals surface area contributed by atoms with E-state index in [-0.39, 0.29) is 0 Å². The van der Waals surface area contributed by atoms with Gasteiger partial charge in [-0.3, -0.25) is 0 Å². The second kappa shape index (κ2) is 7.12.